The summed E-state index contributed by atoms with van der Waals surface area (Å²) in [7, 11) is 0. The summed E-state index contributed by atoms with van der Waals surface area (Å²) in [5.41, 5.74) is 0.969. The van der Waals surface area contributed by atoms with E-state index < -0.39 is 30.7 Å². The molecule has 2 aromatic heterocycles. The molecule has 0 saturated heterocycles. The number of carbonyl (C=O) groups excluding carboxylic acids is 2. The normalized spacial score (nSPS) is 10.5. The number of hydrogen-bond acceptors (Lipinski definition) is 7. The van der Waals surface area contributed by atoms with Gasteiger partial charge in [-0.1, -0.05) is 11.6 Å². The van der Waals surface area contributed by atoms with Gasteiger partial charge in [0.15, 0.2) is 18.4 Å². The van der Waals surface area contributed by atoms with Gasteiger partial charge < -0.3 is 19.2 Å². The van der Waals surface area contributed by atoms with Gasteiger partial charge in [-0.15, -0.1) is 0 Å². The lowest BCUT2D eigenvalue weighted by molar-refractivity contribution is -0.149. The number of pyridine rings is 1. The van der Waals surface area contributed by atoms with Crippen LogP contribution in [-0.4, -0.2) is 30.1 Å². The van der Waals surface area contributed by atoms with Gasteiger partial charge in [0.25, 0.3) is 5.91 Å². The van der Waals surface area contributed by atoms with E-state index in [4.69, 9.17) is 25.5 Å². The van der Waals surface area contributed by atoms with Gasteiger partial charge in [0.05, 0.1) is 5.69 Å². The summed E-state index contributed by atoms with van der Waals surface area (Å²) in [6.45, 7) is 0.878. The molecule has 0 aliphatic heterocycles. The van der Waals surface area contributed by atoms with Crippen molar-refractivity contribution in [3.05, 3.63) is 63.7 Å². The Hall–Kier alpha value is -3.39. The van der Waals surface area contributed by atoms with Crippen molar-refractivity contribution < 1.29 is 23.5 Å². The lowest BCUT2D eigenvalue weighted by atomic mass is 10.1. The highest BCUT2D eigenvalue weighted by molar-refractivity contribution is 6.32. The number of nitrogens with one attached hydrogen (secondary N) is 1. The molecule has 0 aliphatic carbocycles. The fraction of sp³-hybridized carbons (Fsp3) is 0.158. The van der Waals surface area contributed by atoms with Crippen molar-refractivity contribution in [2.45, 2.75) is 6.92 Å². The van der Waals surface area contributed by atoms with Crippen molar-refractivity contribution in [1.82, 2.24) is 4.98 Å². The smallest absolute Gasteiger partial charge is 0.344 e. The summed E-state index contributed by atoms with van der Waals surface area (Å²) in [6, 6.07) is 9.43. The molecule has 0 radical (unpaired) electrons. The molecule has 1 aromatic carbocycles. The molecule has 144 valence electrons. The number of esters is 1. The second kappa shape index (κ2) is 8.53. The maximum atomic E-state index is 11.8. The van der Waals surface area contributed by atoms with Crippen molar-refractivity contribution in [3.8, 4) is 5.75 Å². The molecule has 8 nitrogen and oxygen atoms in total. The van der Waals surface area contributed by atoms with Crippen LogP contribution in [0, 0.1) is 6.92 Å². The number of fused-ring (bicyclic) bond motifs is 1. The molecule has 2 heterocycles. The molecule has 3 rings (SSSR count). The molecule has 0 atom stereocenters. The zero-order valence-corrected chi connectivity index (χ0v) is 15.5. The minimum absolute atomic E-state index is 0.128. The van der Waals surface area contributed by atoms with Crippen molar-refractivity contribution in [1.29, 1.82) is 0 Å². The minimum Gasteiger partial charge on any atom is -0.482 e. The molecular formula is C19H15ClN2O6. The maximum absolute atomic E-state index is 11.8. The predicted octanol–water partition coefficient (Wildman–Crippen LogP) is 2.71. The first kappa shape index (κ1) is 19.4. The summed E-state index contributed by atoms with van der Waals surface area (Å²) < 4.78 is 15.3. The minimum atomic E-state index is -0.738. The van der Waals surface area contributed by atoms with Crippen LogP contribution in [0.1, 0.15) is 5.56 Å². The largest absolute Gasteiger partial charge is 0.482 e. The number of hydrogen-bond donors (Lipinski definition) is 1. The number of ether oxygens (including phenoxy) is 2. The Morgan fingerprint density at radius 2 is 2.04 bits per heavy atom. The summed E-state index contributed by atoms with van der Waals surface area (Å²) in [5, 5.41) is 3.37. The number of nitrogens with zero attached hydrogens (tertiary/aromatic N) is 1. The highest BCUT2D eigenvalue weighted by Gasteiger charge is 2.11. The van der Waals surface area contributed by atoms with E-state index in [0.29, 0.717) is 17.0 Å². The number of halogens is 1. The van der Waals surface area contributed by atoms with Gasteiger partial charge in [-0.3, -0.25) is 4.79 Å². The third-order valence-corrected chi connectivity index (χ3v) is 3.98. The van der Waals surface area contributed by atoms with Crippen LogP contribution in [0.5, 0.6) is 5.75 Å². The quantitative estimate of drug-likeness (QED) is 0.383. The molecular weight excluding hydrogens is 388 g/mol. The number of aromatic nitrogens is 1. The lowest BCUT2D eigenvalue weighted by Crippen LogP contribution is -2.23. The van der Waals surface area contributed by atoms with E-state index in [2.05, 4.69) is 10.3 Å². The fourth-order valence-electron chi connectivity index (χ4n) is 2.39. The van der Waals surface area contributed by atoms with Crippen molar-refractivity contribution >= 4 is 40.1 Å². The molecule has 0 bridgehead atoms. The van der Waals surface area contributed by atoms with E-state index in [9.17, 15) is 14.4 Å². The van der Waals surface area contributed by atoms with Gasteiger partial charge in [-0.25, -0.2) is 14.6 Å². The van der Waals surface area contributed by atoms with Crippen LogP contribution in [0.2, 0.25) is 5.15 Å². The van der Waals surface area contributed by atoms with E-state index in [1.54, 1.807) is 31.2 Å². The molecule has 1 amide bonds. The lowest BCUT2D eigenvalue weighted by Gasteiger charge is -2.09. The third kappa shape index (κ3) is 4.86. The van der Waals surface area contributed by atoms with Crippen molar-refractivity contribution in [2.24, 2.45) is 0 Å². The van der Waals surface area contributed by atoms with Crippen LogP contribution in [-0.2, 0) is 14.3 Å². The Kier molecular flexibility index (Phi) is 5.90. The SMILES string of the molecule is Cc1cc(=O)oc2cc(OCC(=O)OCC(=O)Nc3cccnc3Cl)ccc12. The Labute approximate surface area is 164 Å². The van der Waals surface area contributed by atoms with Crippen LogP contribution < -0.4 is 15.7 Å². The van der Waals surface area contributed by atoms with Gasteiger partial charge in [0.2, 0.25) is 0 Å². The van der Waals surface area contributed by atoms with Crippen molar-refractivity contribution in [2.75, 3.05) is 18.5 Å². The second-order valence-corrected chi connectivity index (χ2v) is 6.10. The molecule has 0 fully saturated rings. The van der Waals surface area contributed by atoms with Crippen LogP contribution in [0.25, 0.3) is 11.0 Å². The molecule has 0 saturated carbocycles. The van der Waals surface area contributed by atoms with E-state index in [1.807, 2.05) is 0 Å². The van der Waals surface area contributed by atoms with Crippen LogP contribution in [0.3, 0.4) is 0 Å². The number of amides is 1. The number of anilines is 1. The highest BCUT2D eigenvalue weighted by atomic mass is 35.5. The summed E-state index contributed by atoms with van der Waals surface area (Å²) in [6.07, 6.45) is 1.48. The standard InChI is InChI=1S/C19H15ClN2O6/c1-11-7-17(24)28-15-8-12(4-5-13(11)15)26-10-18(25)27-9-16(23)22-14-3-2-6-21-19(14)20/h2-8H,9-10H2,1H3,(H,22,23). The molecule has 3 aromatic rings. The van der Waals surface area contributed by atoms with Crippen LogP contribution in [0.4, 0.5) is 5.69 Å². The van der Waals surface area contributed by atoms with Crippen molar-refractivity contribution in [3.63, 3.8) is 0 Å². The Bertz CT molecular complexity index is 1100. The molecule has 1 N–H and O–H groups in total. The van der Waals surface area contributed by atoms with Crippen LogP contribution >= 0.6 is 11.6 Å². The third-order valence-electron chi connectivity index (χ3n) is 3.68. The van der Waals surface area contributed by atoms with E-state index >= 15 is 0 Å². The topological polar surface area (TPSA) is 108 Å². The maximum Gasteiger partial charge on any atom is 0.344 e. The number of benzene rings is 1. The van der Waals surface area contributed by atoms with Gasteiger partial charge >= 0.3 is 11.6 Å². The number of aryl methyl sites for hydroxylation is 1. The zero-order chi connectivity index (χ0) is 20.1. The zero-order valence-electron chi connectivity index (χ0n) is 14.7. The average Bonchev–Trinajstić information content (AvgIpc) is 2.66. The fourth-order valence-corrected chi connectivity index (χ4v) is 2.56. The average molecular weight is 403 g/mol. The first-order valence-electron chi connectivity index (χ1n) is 8.15. The Morgan fingerprint density at radius 3 is 2.82 bits per heavy atom. The van der Waals surface area contributed by atoms with Gasteiger partial charge in [0, 0.05) is 23.7 Å². The second-order valence-electron chi connectivity index (χ2n) is 5.75. The van der Waals surface area contributed by atoms with Gasteiger partial charge in [-0.05, 0) is 36.8 Å². The molecule has 9 heteroatoms. The summed E-state index contributed by atoms with van der Waals surface area (Å²) >= 11 is 5.83. The predicted molar refractivity (Wildman–Crippen MR) is 102 cm³/mol. The molecule has 0 spiro atoms. The highest BCUT2D eigenvalue weighted by Crippen LogP contribution is 2.22. The molecule has 0 unspecified atom stereocenters. The van der Waals surface area contributed by atoms with Crippen LogP contribution in [0.15, 0.2) is 51.8 Å². The van der Waals surface area contributed by atoms with E-state index in [-0.39, 0.29) is 5.15 Å². The first-order chi connectivity index (χ1) is 13.4. The monoisotopic (exact) mass is 402 g/mol. The Morgan fingerprint density at radius 1 is 1.21 bits per heavy atom. The van der Waals surface area contributed by atoms with E-state index in [1.165, 1.54) is 18.3 Å². The molecule has 28 heavy (non-hydrogen) atoms. The first-order valence-corrected chi connectivity index (χ1v) is 8.53. The Balaban J connectivity index is 1.51. The van der Waals surface area contributed by atoms with Gasteiger partial charge in [-0.2, -0.15) is 0 Å². The number of rotatable bonds is 6. The summed E-state index contributed by atoms with van der Waals surface area (Å²) in [5.74, 6) is -0.978. The van der Waals surface area contributed by atoms with Gasteiger partial charge in [0.1, 0.15) is 11.3 Å². The summed E-state index contributed by atoms with van der Waals surface area (Å²) in [4.78, 5) is 38.8. The molecule has 0 aliphatic rings. The number of carbonyl (C=O) groups is 2. The van der Waals surface area contributed by atoms with E-state index in [0.717, 1.165) is 10.9 Å².